The smallest absolute Gasteiger partial charge is 0.139 e. The third kappa shape index (κ3) is 3.11. The molecule has 1 saturated heterocycles. The third-order valence-electron chi connectivity index (χ3n) is 9.78. The number of aliphatic hydroxyl groups excluding tert-OH is 1. The maximum atomic E-state index is 12.7. The second-order valence-electron chi connectivity index (χ2n) is 11.0. The van der Waals surface area contributed by atoms with Gasteiger partial charge in [-0.1, -0.05) is 19.9 Å². The van der Waals surface area contributed by atoms with Gasteiger partial charge in [-0.3, -0.25) is 15.1 Å². The zero-order valence-electron chi connectivity index (χ0n) is 18.1. The van der Waals surface area contributed by atoms with Crippen molar-refractivity contribution in [2.75, 3.05) is 19.7 Å². The van der Waals surface area contributed by atoms with Gasteiger partial charge in [0.1, 0.15) is 5.78 Å². The second kappa shape index (κ2) is 7.35. The van der Waals surface area contributed by atoms with Gasteiger partial charge >= 0.3 is 0 Å². The summed E-state index contributed by atoms with van der Waals surface area (Å²) >= 11 is 0. The van der Waals surface area contributed by atoms with E-state index in [0.717, 1.165) is 58.0 Å². The second-order valence-corrected chi connectivity index (χ2v) is 11.0. The highest BCUT2D eigenvalue weighted by Gasteiger charge is 2.61. The Bertz CT molecular complexity index is 688. The van der Waals surface area contributed by atoms with Crippen LogP contribution in [-0.4, -0.2) is 36.7 Å². The average Bonchev–Trinajstić information content (AvgIpc) is 3.34. The van der Waals surface area contributed by atoms with Crippen molar-refractivity contribution in [3.63, 3.8) is 0 Å². The standard InChI is InChI=1S/C24H38N2O3/c1-23-8-5-17(26-29-18-7-10-25-13-18)12-16(23)11-15(14-27)22-19-3-4-21(28)24(19,2)9-6-20(22)23/h12,15-16,18-20,22,25-27H,3-11,13-14H2,1-2H3/t15-,16?,18+,19-,20-,22-,23-,24-/m0/s1. The Morgan fingerprint density at radius 3 is 2.83 bits per heavy atom. The van der Waals surface area contributed by atoms with Crippen molar-refractivity contribution in [1.29, 1.82) is 0 Å². The van der Waals surface area contributed by atoms with Gasteiger partial charge in [0, 0.05) is 30.7 Å². The number of Topliss-reactive ketones (excluding diaryl/α,β-unsaturated/α-hetero) is 1. The molecular weight excluding hydrogens is 364 g/mol. The monoisotopic (exact) mass is 402 g/mol. The Morgan fingerprint density at radius 2 is 2.07 bits per heavy atom. The van der Waals surface area contributed by atoms with Gasteiger partial charge in [-0.05, 0) is 86.5 Å². The molecule has 8 atom stereocenters. The van der Waals surface area contributed by atoms with E-state index in [4.69, 9.17) is 4.84 Å². The maximum Gasteiger partial charge on any atom is 0.139 e. The van der Waals surface area contributed by atoms with Crippen LogP contribution in [0.4, 0.5) is 0 Å². The summed E-state index contributed by atoms with van der Waals surface area (Å²) in [5.41, 5.74) is 4.66. The Kier molecular flexibility index (Phi) is 5.07. The fourth-order valence-corrected chi connectivity index (χ4v) is 7.95. The molecule has 0 aromatic carbocycles. The lowest BCUT2D eigenvalue weighted by atomic mass is 9.44. The molecule has 1 aliphatic heterocycles. The van der Waals surface area contributed by atoms with Crippen molar-refractivity contribution in [2.24, 2.45) is 40.4 Å². The molecule has 5 aliphatic rings. The van der Waals surface area contributed by atoms with Crippen molar-refractivity contribution >= 4 is 5.78 Å². The van der Waals surface area contributed by atoms with Crippen LogP contribution in [-0.2, 0) is 9.63 Å². The Morgan fingerprint density at radius 1 is 1.21 bits per heavy atom. The van der Waals surface area contributed by atoms with Crippen LogP contribution in [0, 0.1) is 40.4 Å². The number of ketones is 1. The number of fused-ring (bicyclic) bond motifs is 5. The number of hydrogen-bond donors (Lipinski definition) is 3. The highest BCUT2D eigenvalue weighted by Crippen LogP contribution is 2.66. The highest BCUT2D eigenvalue weighted by molar-refractivity contribution is 5.87. The van der Waals surface area contributed by atoms with Crippen molar-refractivity contribution in [1.82, 2.24) is 10.8 Å². The van der Waals surface area contributed by atoms with Gasteiger partial charge in [0.2, 0.25) is 0 Å². The van der Waals surface area contributed by atoms with E-state index in [9.17, 15) is 9.90 Å². The number of carbonyl (C=O) groups is 1. The van der Waals surface area contributed by atoms with Gasteiger partial charge in [-0.15, -0.1) is 0 Å². The van der Waals surface area contributed by atoms with E-state index in [1.807, 2.05) is 0 Å². The molecule has 3 N–H and O–H groups in total. The molecule has 0 radical (unpaired) electrons. The number of aliphatic hydroxyl groups is 1. The molecule has 1 heterocycles. The molecule has 29 heavy (non-hydrogen) atoms. The first-order valence-corrected chi connectivity index (χ1v) is 11.9. The average molecular weight is 403 g/mol. The molecule has 0 aromatic heterocycles. The van der Waals surface area contributed by atoms with Crippen LogP contribution in [0.1, 0.15) is 65.2 Å². The van der Waals surface area contributed by atoms with E-state index in [0.29, 0.717) is 35.4 Å². The van der Waals surface area contributed by atoms with Crippen LogP contribution in [0.3, 0.4) is 0 Å². The van der Waals surface area contributed by atoms with Gasteiger partial charge in [-0.25, -0.2) is 0 Å². The van der Waals surface area contributed by atoms with Gasteiger partial charge in [-0.2, -0.15) is 0 Å². The molecule has 5 nitrogen and oxygen atoms in total. The SMILES string of the molecule is C[C@]12CCC(NO[C@@H]3CCNC3)=CC1C[C@@H](CO)[C@@H]1[C@@H]2CC[C@]2(C)C(=O)CC[C@@H]12. The first-order valence-electron chi connectivity index (χ1n) is 11.9. The minimum absolute atomic E-state index is 0.127. The lowest BCUT2D eigenvalue weighted by Gasteiger charge is -2.61. The number of nitrogens with one attached hydrogen (secondary N) is 2. The molecule has 5 heteroatoms. The summed E-state index contributed by atoms with van der Waals surface area (Å²) in [6.07, 6.45) is 11.0. The van der Waals surface area contributed by atoms with E-state index in [-0.39, 0.29) is 23.5 Å². The summed E-state index contributed by atoms with van der Waals surface area (Å²) < 4.78 is 0. The minimum atomic E-state index is -0.127. The largest absolute Gasteiger partial charge is 0.396 e. The fraction of sp³-hybridized carbons (Fsp3) is 0.875. The summed E-state index contributed by atoms with van der Waals surface area (Å²) in [6, 6.07) is 0. The van der Waals surface area contributed by atoms with Crippen molar-refractivity contribution in [2.45, 2.75) is 71.3 Å². The Hall–Kier alpha value is -0.910. The van der Waals surface area contributed by atoms with E-state index in [1.54, 1.807) is 0 Å². The van der Waals surface area contributed by atoms with E-state index in [2.05, 4.69) is 30.7 Å². The number of hydrogen-bond acceptors (Lipinski definition) is 5. The maximum absolute atomic E-state index is 12.7. The predicted octanol–water partition coefficient (Wildman–Crippen LogP) is 3.19. The van der Waals surface area contributed by atoms with Crippen LogP contribution in [0.15, 0.2) is 11.8 Å². The summed E-state index contributed by atoms with van der Waals surface area (Å²) in [5, 5.41) is 13.7. The third-order valence-corrected chi connectivity index (χ3v) is 9.78. The van der Waals surface area contributed by atoms with Gasteiger partial charge < -0.3 is 10.4 Å². The lowest BCUT2D eigenvalue weighted by molar-refractivity contribution is -0.145. The van der Waals surface area contributed by atoms with Crippen molar-refractivity contribution < 1.29 is 14.7 Å². The summed E-state index contributed by atoms with van der Waals surface area (Å²) in [5.74, 6) is 2.91. The summed E-state index contributed by atoms with van der Waals surface area (Å²) in [4.78, 5) is 18.6. The molecule has 0 bridgehead atoms. The minimum Gasteiger partial charge on any atom is -0.396 e. The molecule has 0 aromatic rings. The molecule has 4 aliphatic carbocycles. The summed E-state index contributed by atoms with van der Waals surface area (Å²) in [6.45, 7) is 6.95. The van der Waals surface area contributed by atoms with Crippen molar-refractivity contribution in [3.8, 4) is 0 Å². The van der Waals surface area contributed by atoms with Crippen LogP contribution >= 0.6 is 0 Å². The summed E-state index contributed by atoms with van der Waals surface area (Å²) in [7, 11) is 0. The fourth-order valence-electron chi connectivity index (χ4n) is 7.95. The van der Waals surface area contributed by atoms with Crippen LogP contribution in [0.2, 0.25) is 0 Å². The molecule has 162 valence electrons. The van der Waals surface area contributed by atoms with Gasteiger partial charge in [0.05, 0.1) is 6.10 Å². The molecule has 0 amide bonds. The molecule has 1 unspecified atom stereocenters. The Labute approximate surface area is 175 Å². The highest BCUT2D eigenvalue weighted by atomic mass is 16.7. The normalized spacial score (nSPS) is 49.2. The zero-order chi connectivity index (χ0) is 20.2. The number of allylic oxidation sites excluding steroid dienone is 2. The van der Waals surface area contributed by atoms with Crippen LogP contribution in [0.5, 0.6) is 0 Å². The van der Waals surface area contributed by atoms with E-state index < -0.39 is 0 Å². The Balaban J connectivity index is 1.37. The first-order chi connectivity index (χ1) is 14.0. The van der Waals surface area contributed by atoms with Crippen LogP contribution in [0.25, 0.3) is 0 Å². The van der Waals surface area contributed by atoms with E-state index >= 15 is 0 Å². The van der Waals surface area contributed by atoms with Crippen LogP contribution < -0.4 is 10.8 Å². The number of rotatable bonds is 4. The van der Waals surface area contributed by atoms with Gasteiger partial charge in [0.15, 0.2) is 0 Å². The molecule has 4 fully saturated rings. The lowest BCUT2D eigenvalue weighted by Crippen LogP contribution is -2.56. The first kappa shape index (κ1) is 20.0. The van der Waals surface area contributed by atoms with Crippen molar-refractivity contribution in [3.05, 3.63) is 11.8 Å². The quantitative estimate of drug-likeness (QED) is 0.630. The molecular formula is C24H38N2O3. The topological polar surface area (TPSA) is 70.6 Å². The number of carbonyl (C=O) groups excluding carboxylic acids is 1. The number of hydroxylamine groups is 1. The van der Waals surface area contributed by atoms with E-state index in [1.165, 1.54) is 12.1 Å². The molecule has 3 saturated carbocycles. The molecule has 0 spiro atoms. The predicted molar refractivity (Wildman–Crippen MR) is 112 cm³/mol. The molecule has 5 rings (SSSR count). The zero-order valence-corrected chi connectivity index (χ0v) is 18.1. The van der Waals surface area contributed by atoms with Gasteiger partial charge in [0.25, 0.3) is 0 Å².